The van der Waals surface area contributed by atoms with Gasteiger partial charge < -0.3 is 5.32 Å². The van der Waals surface area contributed by atoms with Crippen LogP contribution in [-0.2, 0) is 12.7 Å². The second-order valence-corrected chi connectivity index (χ2v) is 9.97. The Balaban J connectivity index is 1.42. The molecule has 12 heteroatoms. The summed E-state index contributed by atoms with van der Waals surface area (Å²) in [5.41, 5.74) is 0.938. The SMILES string of the molecule is CC(C)c1ccc(-c2cc(C(F)(F)F)n3nc(C(=O)Nc4ccn(Cc5c(Cl)cccc5Cl)n4)cc3n2)cc1. The Hall–Kier alpha value is -3.89. The maximum absolute atomic E-state index is 14.0. The van der Waals surface area contributed by atoms with E-state index in [-0.39, 0.29) is 35.3 Å². The summed E-state index contributed by atoms with van der Waals surface area (Å²) in [6.45, 7) is 4.31. The summed E-state index contributed by atoms with van der Waals surface area (Å²) in [6, 6.07) is 16.0. The number of hydrogen-bond donors (Lipinski definition) is 1. The van der Waals surface area contributed by atoms with Gasteiger partial charge in [0.2, 0.25) is 0 Å². The summed E-state index contributed by atoms with van der Waals surface area (Å²) in [4.78, 5) is 17.2. The third-order valence-corrected chi connectivity index (χ3v) is 6.80. The number of amides is 1. The molecule has 1 amide bonds. The van der Waals surface area contributed by atoms with Crippen LogP contribution >= 0.6 is 23.2 Å². The van der Waals surface area contributed by atoms with Gasteiger partial charge in [-0.25, -0.2) is 9.50 Å². The van der Waals surface area contributed by atoms with Crippen LogP contribution in [0, 0.1) is 0 Å². The quantitative estimate of drug-likeness (QED) is 0.231. The first-order chi connectivity index (χ1) is 18.5. The van der Waals surface area contributed by atoms with Gasteiger partial charge in [-0.05, 0) is 29.7 Å². The Labute approximate surface area is 231 Å². The van der Waals surface area contributed by atoms with E-state index in [0.717, 1.165) is 11.6 Å². The van der Waals surface area contributed by atoms with Gasteiger partial charge >= 0.3 is 6.18 Å². The maximum Gasteiger partial charge on any atom is 0.433 e. The summed E-state index contributed by atoms with van der Waals surface area (Å²) >= 11 is 12.4. The fourth-order valence-corrected chi connectivity index (χ4v) is 4.53. The fraction of sp³-hybridized carbons (Fsp3) is 0.185. The zero-order valence-electron chi connectivity index (χ0n) is 20.7. The lowest BCUT2D eigenvalue weighted by Crippen LogP contribution is -2.16. The first kappa shape index (κ1) is 26.7. The van der Waals surface area contributed by atoms with Crippen LogP contribution in [0.1, 0.15) is 47.1 Å². The molecule has 0 radical (unpaired) electrons. The number of nitrogens with one attached hydrogen (secondary N) is 1. The number of fused-ring (bicyclic) bond motifs is 1. The largest absolute Gasteiger partial charge is 0.433 e. The standard InChI is InChI=1S/C27H21Cl2F3N6O/c1-15(2)16-6-8-17(9-7-16)21-12-23(27(30,31)32)38-25(33-21)13-22(35-38)26(39)34-24-10-11-37(36-24)14-18-19(28)4-3-5-20(18)29/h3-13,15H,14H2,1-2H3,(H,34,36,39). The van der Waals surface area contributed by atoms with Gasteiger partial charge in [0.05, 0.1) is 12.2 Å². The Kier molecular flexibility index (Phi) is 7.09. The van der Waals surface area contributed by atoms with Crippen molar-refractivity contribution in [3.8, 4) is 11.3 Å². The zero-order chi connectivity index (χ0) is 27.9. The summed E-state index contributed by atoms with van der Waals surface area (Å²) in [6.07, 6.45) is -3.12. The maximum atomic E-state index is 14.0. The molecule has 0 fully saturated rings. The Morgan fingerprint density at radius 2 is 1.69 bits per heavy atom. The summed E-state index contributed by atoms with van der Waals surface area (Å²) in [7, 11) is 0. The van der Waals surface area contributed by atoms with Crippen LogP contribution in [0.4, 0.5) is 19.0 Å². The minimum absolute atomic E-state index is 0.114. The third-order valence-electron chi connectivity index (χ3n) is 6.09. The molecular formula is C27H21Cl2F3N6O. The number of benzene rings is 2. The number of hydrogen-bond acceptors (Lipinski definition) is 4. The highest BCUT2D eigenvalue weighted by Gasteiger charge is 2.35. The summed E-state index contributed by atoms with van der Waals surface area (Å²) < 4.78 is 44.0. The van der Waals surface area contributed by atoms with Crippen molar-refractivity contribution in [3.05, 3.63) is 99.4 Å². The fourth-order valence-electron chi connectivity index (χ4n) is 4.02. The Bertz CT molecular complexity index is 1660. The number of halogens is 5. The van der Waals surface area contributed by atoms with Gasteiger partial charge in [0.15, 0.2) is 22.9 Å². The van der Waals surface area contributed by atoms with Crippen molar-refractivity contribution in [2.75, 3.05) is 5.32 Å². The van der Waals surface area contributed by atoms with E-state index < -0.39 is 17.8 Å². The first-order valence-electron chi connectivity index (χ1n) is 11.9. The average Bonchev–Trinajstić information content (AvgIpc) is 3.52. The molecule has 0 spiro atoms. The molecule has 0 aliphatic heterocycles. The molecular weight excluding hydrogens is 552 g/mol. The Morgan fingerprint density at radius 1 is 1.00 bits per heavy atom. The van der Waals surface area contributed by atoms with Gasteiger partial charge in [-0.3, -0.25) is 9.48 Å². The van der Waals surface area contributed by atoms with Crippen LogP contribution in [0.3, 0.4) is 0 Å². The minimum Gasteiger partial charge on any atom is -0.304 e. The lowest BCUT2D eigenvalue weighted by Gasteiger charge is -2.11. The van der Waals surface area contributed by atoms with E-state index in [1.54, 1.807) is 36.5 Å². The molecule has 7 nitrogen and oxygen atoms in total. The van der Waals surface area contributed by atoms with Crippen LogP contribution in [0.25, 0.3) is 16.9 Å². The molecule has 0 saturated carbocycles. The van der Waals surface area contributed by atoms with Gasteiger partial charge in [0.1, 0.15) is 0 Å². The van der Waals surface area contributed by atoms with Crippen molar-refractivity contribution in [1.82, 2.24) is 24.4 Å². The molecule has 0 aliphatic rings. The summed E-state index contributed by atoms with van der Waals surface area (Å²) in [5, 5.41) is 11.7. The smallest absolute Gasteiger partial charge is 0.304 e. The average molecular weight is 573 g/mol. The van der Waals surface area contributed by atoms with Gasteiger partial charge in [0, 0.05) is 39.5 Å². The summed E-state index contributed by atoms with van der Waals surface area (Å²) in [5.74, 6) is -0.288. The number of alkyl halides is 3. The number of carbonyl (C=O) groups excluding carboxylic acids is 1. The molecule has 3 aromatic heterocycles. The molecule has 0 unspecified atom stereocenters. The minimum atomic E-state index is -4.73. The molecule has 0 bridgehead atoms. The van der Waals surface area contributed by atoms with Gasteiger partial charge in [0.25, 0.3) is 5.91 Å². The Morgan fingerprint density at radius 3 is 2.33 bits per heavy atom. The first-order valence-corrected chi connectivity index (χ1v) is 12.6. The van der Waals surface area contributed by atoms with E-state index in [9.17, 15) is 18.0 Å². The molecule has 0 atom stereocenters. The topological polar surface area (TPSA) is 77.1 Å². The highest BCUT2D eigenvalue weighted by atomic mass is 35.5. The van der Waals surface area contributed by atoms with Crippen LogP contribution in [0.15, 0.2) is 66.9 Å². The van der Waals surface area contributed by atoms with Gasteiger partial charge in [-0.1, -0.05) is 67.4 Å². The van der Waals surface area contributed by atoms with E-state index in [1.807, 2.05) is 26.0 Å². The van der Waals surface area contributed by atoms with Crippen molar-refractivity contribution in [2.24, 2.45) is 0 Å². The lowest BCUT2D eigenvalue weighted by molar-refractivity contribution is -0.142. The van der Waals surface area contributed by atoms with E-state index in [4.69, 9.17) is 23.2 Å². The molecule has 3 heterocycles. The van der Waals surface area contributed by atoms with Crippen molar-refractivity contribution in [3.63, 3.8) is 0 Å². The van der Waals surface area contributed by atoms with Gasteiger partial charge in [-0.2, -0.15) is 23.4 Å². The second kappa shape index (κ2) is 10.3. The number of anilines is 1. The molecule has 39 heavy (non-hydrogen) atoms. The highest BCUT2D eigenvalue weighted by molar-refractivity contribution is 6.36. The predicted molar refractivity (Wildman–Crippen MR) is 143 cm³/mol. The molecule has 0 aliphatic carbocycles. The molecule has 5 aromatic rings. The van der Waals surface area contributed by atoms with Crippen molar-refractivity contribution in [1.29, 1.82) is 0 Å². The number of aromatic nitrogens is 5. The van der Waals surface area contributed by atoms with Crippen LogP contribution < -0.4 is 5.32 Å². The monoisotopic (exact) mass is 572 g/mol. The second-order valence-electron chi connectivity index (χ2n) is 9.15. The molecule has 2 aromatic carbocycles. The number of carbonyl (C=O) groups is 1. The molecule has 1 N–H and O–H groups in total. The normalized spacial score (nSPS) is 11.9. The van der Waals surface area contributed by atoms with Gasteiger partial charge in [-0.15, -0.1) is 0 Å². The lowest BCUT2D eigenvalue weighted by atomic mass is 10.0. The van der Waals surface area contributed by atoms with E-state index in [2.05, 4.69) is 20.5 Å². The predicted octanol–water partition coefficient (Wildman–Crippen LogP) is 7.34. The van der Waals surface area contributed by atoms with E-state index in [0.29, 0.717) is 25.7 Å². The van der Waals surface area contributed by atoms with Crippen molar-refractivity contribution >= 4 is 40.6 Å². The third kappa shape index (κ3) is 5.62. The number of nitrogens with zero attached hydrogens (tertiary/aromatic N) is 5. The zero-order valence-corrected chi connectivity index (χ0v) is 22.2. The van der Waals surface area contributed by atoms with E-state index >= 15 is 0 Å². The van der Waals surface area contributed by atoms with Crippen LogP contribution in [-0.4, -0.2) is 30.3 Å². The molecule has 5 rings (SSSR count). The van der Waals surface area contributed by atoms with Crippen molar-refractivity contribution < 1.29 is 18.0 Å². The molecule has 0 saturated heterocycles. The highest BCUT2D eigenvalue weighted by Crippen LogP contribution is 2.33. The van der Waals surface area contributed by atoms with Crippen LogP contribution in [0.5, 0.6) is 0 Å². The molecule has 200 valence electrons. The van der Waals surface area contributed by atoms with Crippen molar-refractivity contribution in [2.45, 2.75) is 32.5 Å². The van der Waals surface area contributed by atoms with Crippen LogP contribution in [0.2, 0.25) is 10.0 Å². The number of rotatable bonds is 6. The van der Waals surface area contributed by atoms with E-state index in [1.165, 1.54) is 16.8 Å².